The van der Waals surface area contributed by atoms with Crippen molar-refractivity contribution in [1.29, 1.82) is 0 Å². The first-order valence-corrected chi connectivity index (χ1v) is 8.64. The number of aromatic nitrogens is 3. The zero-order valence-corrected chi connectivity index (χ0v) is 15.4. The Labute approximate surface area is 160 Å². The van der Waals surface area contributed by atoms with Crippen LogP contribution in [0.15, 0.2) is 53.5 Å². The summed E-state index contributed by atoms with van der Waals surface area (Å²) in [5.74, 6) is -1.19. The summed E-state index contributed by atoms with van der Waals surface area (Å²) in [5, 5.41) is 16.0. The monoisotopic (exact) mass is 382 g/mol. The lowest BCUT2D eigenvalue weighted by Gasteiger charge is -2.13. The fourth-order valence-corrected chi connectivity index (χ4v) is 2.55. The molecule has 2 N–H and O–H groups in total. The number of halogens is 1. The maximum atomic E-state index is 13.7. The number of nitrogens with one attached hydrogen (secondary N) is 1. The van der Waals surface area contributed by atoms with Gasteiger partial charge in [0, 0.05) is 23.5 Å². The van der Waals surface area contributed by atoms with Crippen molar-refractivity contribution >= 4 is 5.91 Å². The molecular formula is C20H19FN4O3. The molecule has 0 spiro atoms. The van der Waals surface area contributed by atoms with E-state index in [0.717, 1.165) is 16.4 Å². The lowest BCUT2D eigenvalue weighted by atomic mass is 10.1. The van der Waals surface area contributed by atoms with Gasteiger partial charge >= 0.3 is 0 Å². The van der Waals surface area contributed by atoms with Gasteiger partial charge in [-0.25, -0.2) is 4.39 Å². The number of hydrogen-bond acceptors (Lipinski definition) is 5. The van der Waals surface area contributed by atoms with E-state index in [0.29, 0.717) is 11.3 Å². The molecule has 1 unspecified atom stereocenters. The molecule has 2 aromatic heterocycles. The summed E-state index contributed by atoms with van der Waals surface area (Å²) in [6.45, 7) is 3.17. The van der Waals surface area contributed by atoms with Gasteiger partial charge in [0.25, 0.3) is 11.5 Å². The maximum Gasteiger partial charge on any atom is 0.284 e. The van der Waals surface area contributed by atoms with Crippen LogP contribution >= 0.6 is 0 Å². The number of benzene rings is 1. The molecule has 0 bridgehead atoms. The van der Waals surface area contributed by atoms with Gasteiger partial charge < -0.3 is 10.4 Å². The van der Waals surface area contributed by atoms with E-state index in [1.54, 1.807) is 25.3 Å². The normalized spacial score (nSPS) is 11.9. The van der Waals surface area contributed by atoms with Crippen LogP contribution in [-0.4, -0.2) is 38.4 Å². The Morgan fingerprint density at radius 3 is 2.71 bits per heavy atom. The largest absolute Gasteiger partial charge is 0.394 e. The Kier molecular flexibility index (Phi) is 5.60. The van der Waals surface area contributed by atoms with Crippen LogP contribution in [0.3, 0.4) is 0 Å². The summed E-state index contributed by atoms with van der Waals surface area (Å²) in [4.78, 5) is 29.6. The van der Waals surface area contributed by atoms with E-state index in [1.807, 2.05) is 6.92 Å². The Morgan fingerprint density at radius 1 is 1.29 bits per heavy atom. The highest BCUT2D eigenvalue weighted by Gasteiger charge is 2.19. The molecule has 1 aromatic carbocycles. The molecular weight excluding hydrogens is 363 g/mol. The first-order valence-electron chi connectivity index (χ1n) is 8.64. The van der Waals surface area contributed by atoms with Gasteiger partial charge in [-0.15, -0.1) is 0 Å². The number of pyridine rings is 1. The lowest BCUT2D eigenvalue weighted by molar-refractivity contribution is 0.0920. The van der Waals surface area contributed by atoms with Crippen molar-refractivity contribution in [2.45, 2.75) is 19.9 Å². The summed E-state index contributed by atoms with van der Waals surface area (Å²) in [6, 6.07) is 9.75. The van der Waals surface area contributed by atoms with Gasteiger partial charge in [0.1, 0.15) is 11.4 Å². The molecule has 3 aromatic rings. The Morgan fingerprint density at radius 2 is 2.07 bits per heavy atom. The minimum absolute atomic E-state index is 0.171. The summed E-state index contributed by atoms with van der Waals surface area (Å²) in [7, 11) is 0. The summed E-state index contributed by atoms with van der Waals surface area (Å²) < 4.78 is 14.7. The minimum Gasteiger partial charge on any atom is -0.394 e. The van der Waals surface area contributed by atoms with Gasteiger partial charge in [-0.1, -0.05) is 6.07 Å². The lowest BCUT2D eigenvalue weighted by Crippen LogP contribution is -2.39. The number of carbonyl (C=O) groups is 1. The molecule has 3 rings (SSSR count). The van der Waals surface area contributed by atoms with E-state index >= 15 is 0 Å². The highest BCUT2D eigenvalue weighted by atomic mass is 19.1. The first kappa shape index (κ1) is 19.4. The van der Waals surface area contributed by atoms with E-state index in [9.17, 15) is 14.0 Å². The van der Waals surface area contributed by atoms with Crippen LogP contribution in [0.25, 0.3) is 16.9 Å². The third kappa shape index (κ3) is 4.12. The average molecular weight is 382 g/mol. The molecule has 0 radical (unpaired) electrons. The topological polar surface area (TPSA) is 97.1 Å². The molecule has 0 saturated heterocycles. The second kappa shape index (κ2) is 8.10. The van der Waals surface area contributed by atoms with E-state index in [2.05, 4.69) is 15.4 Å². The van der Waals surface area contributed by atoms with Gasteiger partial charge in [-0.2, -0.15) is 9.78 Å². The van der Waals surface area contributed by atoms with Crippen molar-refractivity contribution in [1.82, 2.24) is 20.1 Å². The first-order chi connectivity index (χ1) is 13.4. The highest BCUT2D eigenvalue weighted by molar-refractivity contribution is 5.95. The van der Waals surface area contributed by atoms with E-state index in [-0.39, 0.29) is 17.9 Å². The van der Waals surface area contributed by atoms with Gasteiger partial charge in [-0.3, -0.25) is 14.6 Å². The molecule has 28 heavy (non-hydrogen) atoms. The van der Waals surface area contributed by atoms with E-state index in [4.69, 9.17) is 5.11 Å². The van der Waals surface area contributed by atoms with Crippen LogP contribution in [0, 0.1) is 12.7 Å². The predicted octanol–water partition coefficient (Wildman–Crippen LogP) is 1.85. The molecule has 0 aliphatic rings. The van der Waals surface area contributed by atoms with Gasteiger partial charge in [0.15, 0.2) is 0 Å². The number of carbonyl (C=O) groups excluding carboxylic acids is 1. The van der Waals surface area contributed by atoms with Crippen molar-refractivity contribution in [2.75, 3.05) is 6.61 Å². The van der Waals surface area contributed by atoms with Crippen LogP contribution in [0.4, 0.5) is 4.39 Å². The van der Waals surface area contributed by atoms with Crippen LogP contribution < -0.4 is 10.9 Å². The van der Waals surface area contributed by atoms with Crippen molar-refractivity contribution in [3.05, 3.63) is 76.1 Å². The van der Waals surface area contributed by atoms with E-state index < -0.39 is 23.3 Å². The second-order valence-electron chi connectivity index (χ2n) is 6.39. The van der Waals surface area contributed by atoms with Crippen molar-refractivity contribution in [3.63, 3.8) is 0 Å². The van der Waals surface area contributed by atoms with Crippen molar-refractivity contribution < 1.29 is 14.3 Å². The molecule has 144 valence electrons. The molecule has 8 heteroatoms. The molecule has 2 heterocycles. The van der Waals surface area contributed by atoms with Gasteiger partial charge in [0.2, 0.25) is 0 Å². The second-order valence-corrected chi connectivity index (χ2v) is 6.39. The number of nitrogens with zero attached hydrogens (tertiary/aromatic N) is 3. The molecule has 0 aliphatic heterocycles. The third-order valence-electron chi connectivity index (χ3n) is 4.07. The quantitative estimate of drug-likeness (QED) is 0.702. The van der Waals surface area contributed by atoms with Gasteiger partial charge in [-0.05, 0) is 50.2 Å². The molecule has 0 fully saturated rings. The zero-order chi connectivity index (χ0) is 20.3. The maximum absolute atomic E-state index is 13.7. The van der Waals surface area contributed by atoms with Crippen LogP contribution in [-0.2, 0) is 0 Å². The third-order valence-corrected chi connectivity index (χ3v) is 4.07. The van der Waals surface area contributed by atoms with Crippen LogP contribution in [0.5, 0.6) is 0 Å². The van der Waals surface area contributed by atoms with Crippen molar-refractivity contribution in [3.8, 4) is 16.9 Å². The number of aliphatic hydroxyl groups is 1. The smallest absolute Gasteiger partial charge is 0.284 e. The minimum atomic E-state index is -0.697. The molecule has 7 nitrogen and oxygen atoms in total. The predicted molar refractivity (Wildman–Crippen MR) is 102 cm³/mol. The van der Waals surface area contributed by atoms with Crippen molar-refractivity contribution in [2.24, 2.45) is 0 Å². The number of aryl methyl sites for hydroxylation is 1. The standard InChI is InChI=1S/C20H19FN4O3/c1-12-6-7-14(10-22-12)18-9-17(19(27)23-13(2)11-26)20(28)25(24-18)16-5-3-4-15(21)8-16/h3-10,13,26H,11H2,1-2H3,(H,23,27). The molecule has 0 aliphatic carbocycles. The number of rotatable bonds is 5. The number of aliphatic hydroxyl groups excluding tert-OH is 1. The molecule has 1 amide bonds. The Balaban J connectivity index is 2.19. The van der Waals surface area contributed by atoms with Crippen LogP contribution in [0.2, 0.25) is 0 Å². The average Bonchev–Trinajstić information content (AvgIpc) is 2.68. The van der Waals surface area contributed by atoms with E-state index in [1.165, 1.54) is 24.3 Å². The van der Waals surface area contributed by atoms with Gasteiger partial charge in [0.05, 0.1) is 18.0 Å². The Hall–Kier alpha value is -3.39. The summed E-state index contributed by atoms with van der Waals surface area (Å²) in [5.41, 5.74) is 1.05. The molecule has 0 saturated carbocycles. The SMILES string of the molecule is Cc1ccc(-c2cc(C(=O)NC(C)CO)c(=O)n(-c3cccc(F)c3)n2)cn1. The fourth-order valence-electron chi connectivity index (χ4n) is 2.55. The number of amides is 1. The van der Waals surface area contributed by atoms with Crippen LogP contribution in [0.1, 0.15) is 23.0 Å². The summed E-state index contributed by atoms with van der Waals surface area (Å²) in [6.07, 6.45) is 1.58. The molecule has 1 atom stereocenters. The fraction of sp³-hybridized carbons (Fsp3) is 0.200. The summed E-state index contributed by atoms with van der Waals surface area (Å²) >= 11 is 0. The Bertz CT molecular complexity index is 1060. The highest BCUT2D eigenvalue weighted by Crippen LogP contribution is 2.17. The number of hydrogen-bond donors (Lipinski definition) is 2. The zero-order valence-electron chi connectivity index (χ0n) is 15.4.